The van der Waals surface area contributed by atoms with E-state index < -0.39 is 0 Å². The summed E-state index contributed by atoms with van der Waals surface area (Å²) in [6.45, 7) is 7.15. The zero-order valence-corrected chi connectivity index (χ0v) is 10.8. The van der Waals surface area contributed by atoms with Crippen molar-refractivity contribution in [2.75, 3.05) is 24.5 Å². The zero-order chi connectivity index (χ0) is 12.5. The summed E-state index contributed by atoms with van der Waals surface area (Å²) >= 11 is 0. The number of hydrogen-bond acceptors (Lipinski definition) is 5. The lowest BCUT2D eigenvalue weighted by Gasteiger charge is -2.28. The van der Waals surface area contributed by atoms with Crippen molar-refractivity contribution < 1.29 is 0 Å². The molecule has 1 saturated heterocycles. The van der Waals surface area contributed by atoms with Crippen LogP contribution in [0.2, 0.25) is 0 Å². The third-order valence-corrected chi connectivity index (χ3v) is 3.57. The van der Waals surface area contributed by atoms with Crippen molar-refractivity contribution in [2.45, 2.75) is 26.3 Å². The lowest BCUT2D eigenvalue weighted by atomic mass is 10.2. The zero-order valence-electron chi connectivity index (χ0n) is 10.8. The van der Waals surface area contributed by atoms with E-state index in [2.05, 4.69) is 32.3 Å². The second-order valence-corrected chi connectivity index (χ2v) is 4.62. The monoisotopic (exact) mass is 246 g/mol. The minimum atomic E-state index is 0.505. The third-order valence-electron chi connectivity index (χ3n) is 3.57. The molecule has 6 nitrogen and oxygen atoms in total. The largest absolute Gasteiger partial charge is 0.349 e. The van der Waals surface area contributed by atoms with Crippen LogP contribution in [0.3, 0.4) is 0 Å². The van der Waals surface area contributed by atoms with Crippen LogP contribution in [0.4, 0.5) is 5.82 Å². The summed E-state index contributed by atoms with van der Waals surface area (Å²) in [6.07, 6.45) is 4.89. The Bertz CT molecular complexity index is 542. The van der Waals surface area contributed by atoms with Gasteiger partial charge < -0.3 is 10.2 Å². The number of nitrogens with one attached hydrogen (secondary N) is 1. The van der Waals surface area contributed by atoms with E-state index in [1.165, 1.54) is 0 Å². The van der Waals surface area contributed by atoms with Gasteiger partial charge in [-0.1, -0.05) is 0 Å². The Morgan fingerprint density at radius 1 is 1.50 bits per heavy atom. The van der Waals surface area contributed by atoms with Gasteiger partial charge in [-0.25, -0.2) is 4.98 Å². The fourth-order valence-electron chi connectivity index (χ4n) is 2.62. The first-order valence-electron chi connectivity index (χ1n) is 6.45. The maximum Gasteiger partial charge on any atom is 0.203 e. The van der Waals surface area contributed by atoms with Gasteiger partial charge in [-0.15, -0.1) is 10.2 Å². The summed E-state index contributed by atoms with van der Waals surface area (Å²) in [4.78, 5) is 6.83. The Kier molecular flexibility index (Phi) is 2.87. The van der Waals surface area contributed by atoms with Crippen LogP contribution in [-0.2, 0) is 0 Å². The summed E-state index contributed by atoms with van der Waals surface area (Å²) in [5, 5.41) is 11.8. The second kappa shape index (κ2) is 4.53. The van der Waals surface area contributed by atoms with Crippen molar-refractivity contribution in [2.24, 2.45) is 0 Å². The molecule has 6 heteroatoms. The van der Waals surface area contributed by atoms with Gasteiger partial charge in [0.05, 0.1) is 0 Å². The van der Waals surface area contributed by atoms with Crippen LogP contribution in [-0.4, -0.2) is 45.3 Å². The predicted octanol–water partition coefficient (Wildman–Crippen LogP) is 0.621. The van der Waals surface area contributed by atoms with Crippen LogP contribution >= 0.6 is 0 Å². The summed E-state index contributed by atoms with van der Waals surface area (Å²) in [5.41, 5.74) is 0.851. The van der Waals surface area contributed by atoms with E-state index in [1.807, 2.05) is 23.7 Å². The molecule has 1 N–H and O–H groups in total. The standard InChI is InChI=1S/C12H18N6/c1-3-17(10-4-5-13-8-10)11-12-16-15-9(2)18(12)7-6-14-11/h6-7,10,13H,3-5,8H2,1-2H3. The van der Waals surface area contributed by atoms with Gasteiger partial charge >= 0.3 is 0 Å². The molecule has 2 aromatic heterocycles. The van der Waals surface area contributed by atoms with Crippen LogP contribution < -0.4 is 10.2 Å². The average molecular weight is 246 g/mol. The third kappa shape index (κ3) is 1.73. The molecule has 1 aliphatic rings. The van der Waals surface area contributed by atoms with Crippen LogP contribution in [0.25, 0.3) is 5.65 Å². The lowest BCUT2D eigenvalue weighted by Crippen LogP contribution is -2.37. The van der Waals surface area contributed by atoms with Crippen molar-refractivity contribution in [1.29, 1.82) is 0 Å². The second-order valence-electron chi connectivity index (χ2n) is 4.62. The molecule has 1 aliphatic heterocycles. The topological polar surface area (TPSA) is 58.4 Å². The SMILES string of the molecule is CCN(c1nccn2c(C)nnc12)C1CCNC1. The van der Waals surface area contributed by atoms with Gasteiger partial charge in [0.25, 0.3) is 0 Å². The lowest BCUT2D eigenvalue weighted by molar-refractivity contribution is 0.640. The maximum atomic E-state index is 4.51. The Labute approximate surface area is 106 Å². The molecule has 0 amide bonds. The van der Waals surface area contributed by atoms with E-state index in [0.717, 1.165) is 43.3 Å². The molecular weight excluding hydrogens is 228 g/mol. The van der Waals surface area contributed by atoms with E-state index in [0.29, 0.717) is 6.04 Å². The van der Waals surface area contributed by atoms with Crippen molar-refractivity contribution in [3.05, 3.63) is 18.2 Å². The highest BCUT2D eigenvalue weighted by molar-refractivity contribution is 5.64. The highest BCUT2D eigenvalue weighted by Crippen LogP contribution is 2.21. The molecule has 3 heterocycles. The minimum Gasteiger partial charge on any atom is -0.349 e. The first-order chi connectivity index (χ1) is 8.81. The summed E-state index contributed by atoms with van der Waals surface area (Å²) in [5.74, 6) is 1.84. The van der Waals surface area contributed by atoms with E-state index in [9.17, 15) is 0 Å². The Morgan fingerprint density at radius 2 is 2.39 bits per heavy atom. The molecule has 18 heavy (non-hydrogen) atoms. The molecule has 0 spiro atoms. The van der Waals surface area contributed by atoms with Gasteiger partial charge in [0, 0.05) is 31.5 Å². The minimum absolute atomic E-state index is 0.505. The maximum absolute atomic E-state index is 4.51. The van der Waals surface area contributed by atoms with Crippen molar-refractivity contribution in [3.63, 3.8) is 0 Å². The molecule has 1 atom stereocenters. The first-order valence-corrected chi connectivity index (χ1v) is 6.45. The number of aryl methyl sites for hydroxylation is 1. The molecule has 2 aromatic rings. The predicted molar refractivity (Wildman–Crippen MR) is 69.8 cm³/mol. The molecule has 1 fully saturated rings. The van der Waals surface area contributed by atoms with Crippen LogP contribution in [0.15, 0.2) is 12.4 Å². The number of rotatable bonds is 3. The Hall–Kier alpha value is -1.69. The molecule has 0 bridgehead atoms. The van der Waals surface area contributed by atoms with E-state index in [4.69, 9.17) is 0 Å². The Morgan fingerprint density at radius 3 is 3.11 bits per heavy atom. The fourth-order valence-corrected chi connectivity index (χ4v) is 2.62. The van der Waals surface area contributed by atoms with Crippen LogP contribution in [0.1, 0.15) is 19.2 Å². The van der Waals surface area contributed by atoms with E-state index in [-0.39, 0.29) is 0 Å². The molecule has 0 saturated carbocycles. The number of likely N-dealkylation sites (N-methyl/N-ethyl adjacent to an activating group) is 1. The van der Waals surface area contributed by atoms with E-state index >= 15 is 0 Å². The van der Waals surface area contributed by atoms with Gasteiger partial charge in [-0.3, -0.25) is 4.40 Å². The normalized spacial score (nSPS) is 19.6. The van der Waals surface area contributed by atoms with Gasteiger partial charge in [-0.2, -0.15) is 0 Å². The van der Waals surface area contributed by atoms with Crippen molar-refractivity contribution >= 4 is 11.5 Å². The molecule has 96 valence electrons. The summed E-state index contributed by atoms with van der Waals surface area (Å²) in [6, 6.07) is 0.505. The van der Waals surface area contributed by atoms with Crippen LogP contribution in [0, 0.1) is 6.92 Å². The number of anilines is 1. The summed E-state index contributed by atoms with van der Waals surface area (Å²) in [7, 11) is 0. The number of aromatic nitrogens is 4. The Balaban J connectivity index is 2.06. The quantitative estimate of drug-likeness (QED) is 0.860. The molecular formula is C12H18N6. The highest BCUT2D eigenvalue weighted by atomic mass is 15.3. The molecule has 1 unspecified atom stereocenters. The molecule has 0 aromatic carbocycles. The van der Waals surface area contributed by atoms with Gasteiger partial charge in [0.15, 0.2) is 5.82 Å². The molecule has 3 rings (SSSR count). The smallest absolute Gasteiger partial charge is 0.203 e. The number of fused-ring (bicyclic) bond motifs is 1. The number of hydrogen-bond donors (Lipinski definition) is 1. The summed E-state index contributed by atoms with van der Waals surface area (Å²) < 4.78 is 1.99. The first kappa shape index (κ1) is 11.4. The molecule has 0 aliphatic carbocycles. The highest BCUT2D eigenvalue weighted by Gasteiger charge is 2.24. The van der Waals surface area contributed by atoms with Crippen molar-refractivity contribution in [3.8, 4) is 0 Å². The number of nitrogens with zero attached hydrogens (tertiary/aromatic N) is 5. The van der Waals surface area contributed by atoms with Gasteiger partial charge in [0.1, 0.15) is 5.82 Å². The fraction of sp³-hybridized carbons (Fsp3) is 0.583. The molecule has 0 radical (unpaired) electrons. The average Bonchev–Trinajstić information content (AvgIpc) is 3.02. The van der Waals surface area contributed by atoms with Crippen molar-refractivity contribution in [1.82, 2.24) is 24.9 Å². The van der Waals surface area contributed by atoms with E-state index in [1.54, 1.807) is 0 Å². The van der Waals surface area contributed by atoms with Gasteiger partial charge in [0.2, 0.25) is 5.65 Å². The van der Waals surface area contributed by atoms with Crippen LogP contribution in [0.5, 0.6) is 0 Å². The van der Waals surface area contributed by atoms with Gasteiger partial charge in [-0.05, 0) is 26.8 Å².